The summed E-state index contributed by atoms with van der Waals surface area (Å²) < 4.78 is 2.09. The van der Waals surface area contributed by atoms with Crippen molar-refractivity contribution in [3.05, 3.63) is 29.4 Å². The summed E-state index contributed by atoms with van der Waals surface area (Å²) in [7, 11) is 0. The largest absolute Gasteiger partial charge is 0.326 e. The number of nitrogens with two attached hydrogens (primary N) is 1. The average Bonchev–Trinajstić information content (AvgIpc) is 2.42. The van der Waals surface area contributed by atoms with Crippen LogP contribution in [0.3, 0.4) is 0 Å². The van der Waals surface area contributed by atoms with E-state index in [9.17, 15) is 0 Å². The van der Waals surface area contributed by atoms with Crippen molar-refractivity contribution in [2.45, 2.75) is 6.54 Å². The molecule has 0 aliphatic heterocycles. The van der Waals surface area contributed by atoms with Gasteiger partial charge in [-0.15, -0.1) is 11.3 Å². The molecule has 0 atom stereocenters. The van der Waals surface area contributed by atoms with Crippen molar-refractivity contribution < 1.29 is 0 Å². The van der Waals surface area contributed by atoms with Crippen LogP contribution in [-0.4, -0.2) is 4.40 Å². The van der Waals surface area contributed by atoms with E-state index in [2.05, 4.69) is 22.0 Å². The fraction of sp³-hybridized carbons (Fsp3) is 0.143. The maximum absolute atomic E-state index is 5.46. The highest BCUT2D eigenvalue weighted by molar-refractivity contribution is 7.15. The minimum absolute atomic E-state index is 0.633. The minimum atomic E-state index is 0.633. The standard InChI is InChI=1S/C7H8N2S/c8-4-6-3-7-9(5-6)1-2-10-7/h1-3,5H,4,8H2. The molecule has 0 saturated heterocycles. The van der Waals surface area contributed by atoms with Crippen LogP contribution in [0.2, 0.25) is 0 Å². The van der Waals surface area contributed by atoms with E-state index in [1.54, 1.807) is 11.3 Å². The van der Waals surface area contributed by atoms with Crippen LogP contribution in [0, 0.1) is 0 Å². The third kappa shape index (κ3) is 0.751. The molecular formula is C7H8N2S. The molecule has 2 aromatic heterocycles. The maximum atomic E-state index is 5.46. The van der Waals surface area contributed by atoms with Gasteiger partial charge in [-0.2, -0.15) is 0 Å². The summed E-state index contributed by atoms with van der Waals surface area (Å²) in [5.41, 5.74) is 6.66. The van der Waals surface area contributed by atoms with Gasteiger partial charge in [0.25, 0.3) is 0 Å². The molecule has 0 bridgehead atoms. The molecule has 0 spiro atoms. The Balaban J connectivity index is 2.67. The number of rotatable bonds is 1. The van der Waals surface area contributed by atoms with Crippen molar-refractivity contribution in [1.82, 2.24) is 4.40 Å². The zero-order valence-corrected chi connectivity index (χ0v) is 6.27. The van der Waals surface area contributed by atoms with Gasteiger partial charge in [0.1, 0.15) is 0 Å². The highest BCUT2D eigenvalue weighted by Crippen LogP contribution is 2.14. The number of nitrogens with zero attached hydrogens (tertiary/aromatic N) is 1. The summed E-state index contributed by atoms with van der Waals surface area (Å²) in [5.74, 6) is 0. The summed E-state index contributed by atoms with van der Waals surface area (Å²) in [4.78, 5) is 1.26. The number of fused-ring (bicyclic) bond motifs is 1. The summed E-state index contributed by atoms with van der Waals surface area (Å²) >= 11 is 1.73. The Bertz CT molecular complexity index is 305. The molecular weight excluding hydrogens is 144 g/mol. The van der Waals surface area contributed by atoms with Crippen molar-refractivity contribution in [3.63, 3.8) is 0 Å². The molecule has 0 radical (unpaired) electrons. The molecule has 2 heterocycles. The fourth-order valence-corrected chi connectivity index (χ4v) is 1.79. The molecule has 3 heteroatoms. The monoisotopic (exact) mass is 152 g/mol. The quantitative estimate of drug-likeness (QED) is 0.658. The zero-order chi connectivity index (χ0) is 6.97. The van der Waals surface area contributed by atoms with Crippen LogP contribution in [0.25, 0.3) is 4.83 Å². The lowest BCUT2D eigenvalue weighted by Crippen LogP contribution is -1.92. The van der Waals surface area contributed by atoms with Gasteiger partial charge in [0.05, 0.1) is 4.83 Å². The van der Waals surface area contributed by atoms with Gasteiger partial charge in [-0.05, 0) is 11.6 Å². The Morgan fingerprint density at radius 2 is 2.50 bits per heavy atom. The molecule has 0 aliphatic carbocycles. The Labute approximate surface area is 62.9 Å². The van der Waals surface area contributed by atoms with Gasteiger partial charge in [0.2, 0.25) is 0 Å². The highest BCUT2D eigenvalue weighted by atomic mass is 32.1. The summed E-state index contributed by atoms with van der Waals surface area (Å²) in [6.45, 7) is 0.633. The van der Waals surface area contributed by atoms with Crippen LogP contribution in [0.4, 0.5) is 0 Å². The van der Waals surface area contributed by atoms with Gasteiger partial charge in [-0.25, -0.2) is 0 Å². The first-order chi connectivity index (χ1) is 4.90. The third-order valence-electron chi connectivity index (χ3n) is 1.51. The Kier molecular flexibility index (Phi) is 1.25. The topological polar surface area (TPSA) is 30.4 Å². The van der Waals surface area contributed by atoms with E-state index in [4.69, 9.17) is 5.73 Å². The highest BCUT2D eigenvalue weighted by Gasteiger charge is 1.96. The fourth-order valence-electron chi connectivity index (χ4n) is 1.00. The second kappa shape index (κ2) is 2.11. The number of hydrogen-bond donors (Lipinski definition) is 1. The molecule has 0 aliphatic rings. The van der Waals surface area contributed by atoms with Crippen LogP contribution < -0.4 is 5.73 Å². The molecule has 2 N–H and O–H groups in total. The SMILES string of the molecule is NCc1cc2sccn2c1. The number of aromatic nitrogens is 1. The lowest BCUT2D eigenvalue weighted by molar-refractivity contribution is 1.06. The lowest BCUT2D eigenvalue weighted by atomic mass is 10.4. The van der Waals surface area contributed by atoms with Crippen molar-refractivity contribution in [2.24, 2.45) is 5.73 Å². The predicted octanol–water partition coefficient (Wildman–Crippen LogP) is 1.46. The lowest BCUT2D eigenvalue weighted by Gasteiger charge is -1.81. The van der Waals surface area contributed by atoms with Crippen LogP contribution >= 0.6 is 11.3 Å². The maximum Gasteiger partial charge on any atom is 0.0993 e. The van der Waals surface area contributed by atoms with E-state index >= 15 is 0 Å². The smallest absolute Gasteiger partial charge is 0.0993 e. The van der Waals surface area contributed by atoms with E-state index in [0.29, 0.717) is 6.54 Å². The Morgan fingerprint density at radius 1 is 1.60 bits per heavy atom. The van der Waals surface area contributed by atoms with Crippen molar-refractivity contribution >= 4 is 16.2 Å². The zero-order valence-electron chi connectivity index (χ0n) is 5.45. The predicted molar refractivity (Wildman–Crippen MR) is 43.2 cm³/mol. The first-order valence-electron chi connectivity index (χ1n) is 3.14. The van der Waals surface area contributed by atoms with Gasteiger partial charge in [-0.3, -0.25) is 0 Å². The Hall–Kier alpha value is -0.800. The summed E-state index contributed by atoms with van der Waals surface area (Å²) in [5, 5.41) is 2.07. The minimum Gasteiger partial charge on any atom is -0.326 e. The molecule has 0 unspecified atom stereocenters. The van der Waals surface area contributed by atoms with Crippen molar-refractivity contribution in [3.8, 4) is 0 Å². The van der Waals surface area contributed by atoms with Gasteiger partial charge < -0.3 is 10.1 Å². The van der Waals surface area contributed by atoms with E-state index in [0.717, 1.165) is 0 Å². The van der Waals surface area contributed by atoms with E-state index in [-0.39, 0.29) is 0 Å². The average molecular weight is 152 g/mol. The van der Waals surface area contributed by atoms with Crippen LogP contribution in [0.15, 0.2) is 23.8 Å². The molecule has 0 amide bonds. The molecule has 0 saturated carbocycles. The van der Waals surface area contributed by atoms with Crippen LogP contribution in [0.1, 0.15) is 5.56 Å². The van der Waals surface area contributed by atoms with Crippen LogP contribution in [0.5, 0.6) is 0 Å². The van der Waals surface area contributed by atoms with Gasteiger partial charge >= 0.3 is 0 Å². The molecule has 52 valence electrons. The van der Waals surface area contributed by atoms with Gasteiger partial charge in [0, 0.05) is 24.3 Å². The number of thiazole rings is 1. The Morgan fingerprint density at radius 3 is 3.20 bits per heavy atom. The molecule has 2 nitrogen and oxygen atoms in total. The molecule has 2 aromatic rings. The molecule has 0 aromatic carbocycles. The molecule has 2 rings (SSSR count). The van der Waals surface area contributed by atoms with E-state index in [1.165, 1.54) is 10.4 Å². The second-order valence-electron chi connectivity index (χ2n) is 2.20. The first-order valence-corrected chi connectivity index (χ1v) is 4.02. The molecule has 10 heavy (non-hydrogen) atoms. The van der Waals surface area contributed by atoms with E-state index < -0.39 is 0 Å². The second-order valence-corrected chi connectivity index (χ2v) is 3.13. The van der Waals surface area contributed by atoms with Crippen molar-refractivity contribution in [2.75, 3.05) is 0 Å². The van der Waals surface area contributed by atoms with Crippen molar-refractivity contribution in [1.29, 1.82) is 0 Å². The third-order valence-corrected chi connectivity index (χ3v) is 2.34. The summed E-state index contributed by atoms with van der Waals surface area (Å²) in [6.07, 6.45) is 4.10. The number of hydrogen-bond acceptors (Lipinski definition) is 2. The van der Waals surface area contributed by atoms with E-state index in [1.807, 2.05) is 6.20 Å². The summed E-state index contributed by atoms with van der Waals surface area (Å²) in [6, 6.07) is 2.12. The van der Waals surface area contributed by atoms with Gasteiger partial charge in [-0.1, -0.05) is 0 Å². The van der Waals surface area contributed by atoms with Crippen LogP contribution in [-0.2, 0) is 6.54 Å². The first kappa shape index (κ1) is 5.95. The molecule has 0 fully saturated rings. The normalized spacial score (nSPS) is 10.9. The van der Waals surface area contributed by atoms with Gasteiger partial charge in [0.15, 0.2) is 0 Å².